The Bertz CT molecular complexity index is 504. The van der Waals surface area contributed by atoms with Crippen LogP contribution in [0.1, 0.15) is 41.6 Å². The van der Waals surface area contributed by atoms with Crippen LogP contribution in [-0.2, 0) is 25.7 Å². The van der Waals surface area contributed by atoms with Crippen molar-refractivity contribution in [3.05, 3.63) is 23.3 Å². The molecule has 1 aromatic rings. The topological polar surface area (TPSA) is 70.5 Å². The van der Waals surface area contributed by atoms with Gasteiger partial charge in [-0.05, 0) is 6.92 Å². The first-order chi connectivity index (χ1) is 10.2. The lowest BCUT2D eigenvalue weighted by Gasteiger charge is -2.34. The van der Waals surface area contributed by atoms with Gasteiger partial charge in [-0.15, -0.1) is 11.6 Å². The molecule has 0 amide bonds. The minimum atomic E-state index is -0.577. The maximum Gasteiger partial charge on any atom is 0.341 e. The molecule has 21 heavy (non-hydrogen) atoms. The van der Waals surface area contributed by atoms with Crippen LogP contribution < -0.4 is 0 Å². The summed E-state index contributed by atoms with van der Waals surface area (Å²) in [5.41, 5.74) is 0.184. The van der Waals surface area contributed by atoms with E-state index in [-0.39, 0.29) is 5.88 Å². The van der Waals surface area contributed by atoms with Gasteiger partial charge in [-0.25, -0.2) is 14.8 Å². The molecule has 0 bridgehead atoms. The van der Waals surface area contributed by atoms with E-state index in [9.17, 15) is 4.79 Å². The highest BCUT2D eigenvalue weighted by Gasteiger charge is 2.38. The van der Waals surface area contributed by atoms with E-state index in [2.05, 4.69) is 9.97 Å². The molecule has 1 aliphatic heterocycles. The summed E-state index contributed by atoms with van der Waals surface area (Å²) in [6.07, 6.45) is 2.81. The molecule has 0 saturated carbocycles. The average molecular weight is 315 g/mol. The predicted molar refractivity (Wildman–Crippen MR) is 76.3 cm³/mol. The molecule has 0 unspecified atom stereocenters. The second kappa shape index (κ2) is 7.15. The first kappa shape index (κ1) is 16.1. The smallest absolute Gasteiger partial charge is 0.341 e. The van der Waals surface area contributed by atoms with Gasteiger partial charge in [0.1, 0.15) is 11.2 Å². The first-order valence-corrected chi connectivity index (χ1v) is 7.42. The van der Waals surface area contributed by atoms with Gasteiger partial charge in [0.15, 0.2) is 5.82 Å². The quantitative estimate of drug-likeness (QED) is 0.612. The van der Waals surface area contributed by atoms with Crippen LogP contribution in [0.15, 0.2) is 6.20 Å². The highest BCUT2D eigenvalue weighted by molar-refractivity contribution is 6.17. The van der Waals surface area contributed by atoms with Crippen molar-refractivity contribution in [2.75, 3.05) is 26.9 Å². The maximum absolute atomic E-state index is 11.8. The predicted octanol–water partition coefficient (Wildman–Crippen LogP) is 2.04. The van der Waals surface area contributed by atoms with Crippen LogP contribution in [0.25, 0.3) is 0 Å². The SMILES string of the molecule is CCOC(=O)c1cnc(C2(OC)CCOCC2)nc1CCl. The zero-order chi connectivity index (χ0) is 15.3. The number of ether oxygens (including phenoxy) is 3. The summed E-state index contributed by atoms with van der Waals surface area (Å²) in [6, 6.07) is 0. The van der Waals surface area contributed by atoms with Gasteiger partial charge in [0, 0.05) is 39.4 Å². The van der Waals surface area contributed by atoms with Gasteiger partial charge in [0.05, 0.1) is 18.2 Å². The summed E-state index contributed by atoms with van der Waals surface area (Å²) in [4.78, 5) is 20.6. The molecule has 2 rings (SSSR count). The van der Waals surface area contributed by atoms with E-state index in [0.29, 0.717) is 49.7 Å². The van der Waals surface area contributed by atoms with Crippen LogP contribution in [0, 0.1) is 0 Å². The van der Waals surface area contributed by atoms with Crippen LogP contribution in [0.5, 0.6) is 0 Å². The van der Waals surface area contributed by atoms with E-state index in [4.69, 9.17) is 25.8 Å². The third-order valence-corrected chi connectivity index (χ3v) is 3.84. The Balaban J connectivity index is 2.35. The van der Waals surface area contributed by atoms with Crippen LogP contribution in [0.2, 0.25) is 0 Å². The van der Waals surface area contributed by atoms with E-state index < -0.39 is 11.6 Å². The molecule has 0 spiro atoms. The van der Waals surface area contributed by atoms with Crippen LogP contribution in [-0.4, -0.2) is 42.9 Å². The van der Waals surface area contributed by atoms with Crippen molar-refractivity contribution in [3.63, 3.8) is 0 Å². The molecule has 0 aromatic carbocycles. The van der Waals surface area contributed by atoms with E-state index >= 15 is 0 Å². The number of nitrogens with zero attached hydrogens (tertiary/aromatic N) is 2. The van der Waals surface area contributed by atoms with Gasteiger partial charge in [-0.3, -0.25) is 0 Å². The number of alkyl halides is 1. The number of esters is 1. The third-order valence-electron chi connectivity index (χ3n) is 3.59. The molecule has 1 saturated heterocycles. The van der Waals surface area contributed by atoms with E-state index in [0.717, 1.165) is 0 Å². The number of methoxy groups -OCH3 is 1. The Labute approximate surface area is 128 Å². The number of hydrogen-bond donors (Lipinski definition) is 0. The normalized spacial score (nSPS) is 17.5. The van der Waals surface area contributed by atoms with Crippen molar-refractivity contribution in [2.45, 2.75) is 31.2 Å². The number of halogens is 1. The largest absolute Gasteiger partial charge is 0.462 e. The molecule has 7 heteroatoms. The zero-order valence-corrected chi connectivity index (χ0v) is 13.0. The minimum Gasteiger partial charge on any atom is -0.462 e. The van der Waals surface area contributed by atoms with Crippen molar-refractivity contribution >= 4 is 17.6 Å². The molecular weight excluding hydrogens is 296 g/mol. The summed E-state index contributed by atoms with van der Waals surface area (Å²) in [7, 11) is 1.63. The Morgan fingerprint density at radius 2 is 2.19 bits per heavy atom. The molecule has 0 N–H and O–H groups in total. The van der Waals surface area contributed by atoms with Crippen molar-refractivity contribution in [3.8, 4) is 0 Å². The second-order valence-electron chi connectivity index (χ2n) is 4.72. The molecule has 1 fully saturated rings. The molecule has 116 valence electrons. The Kier molecular flexibility index (Phi) is 5.50. The van der Waals surface area contributed by atoms with Crippen LogP contribution in [0.3, 0.4) is 0 Å². The van der Waals surface area contributed by atoms with Gasteiger partial charge in [-0.1, -0.05) is 0 Å². The van der Waals surface area contributed by atoms with Gasteiger partial charge >= 0.3 is 5.97 Å². The Hall–Kier alpha value is -1.24. The van der Waals surface area contributed by atoms with E-state index in [1.54, 1.807) is 14.0 Å². The van der Waals surface area contributed by atoms with Crippen LogP contribution >= 0.6 is 11.6 Å². The van der Waals surface area contributed by atoms with Crippen molar-refractivity contribution < 1.29 is 19.0 Å². The minimum absolute atomic E-state index is 0.111. The Morgan fingerprint density at radius 1 is 1.48 bits per heavy atom. The molecule has 6 nitrogen and oxygen atoms in total. The molecule has 0 radical (unpaired) electrons. The van der Waals surface area contributed by atoms with E-state index in [1.165, 1.54) is 6.20 Å². The highest BCUT2D eigenvalue weighted by atomic mass is 35.5. The summed E-state index contributed by atoms with van der Waals surface area (Å²) >= 11 is 5.91. The van der Waals surface area contributed by atoms with Gasteiger partial charge < -0.3 is 14.2 Å². The summed E-state index contributed by atoms with van der Waals surface area (Å²) in [5, 5.41) is 0. The first-order valence-electron chi connectivity index (χ1n) is 6.89. The number of aromatic nitrogens is 2. The Morgan fingerprint density at radius 3 is 2.76 bits per heavy atom. The fraction of sp³-hybridized carbons (Fsp3) is 0.643. The summed E-state index contributed by atoms with van der Waals surface area (Å²) in [5.74, 6) is 0.190. The van der Waals surface area contributed by atoms with Gasteiger partial charge in [-0.2, -0.15) is 0 Å². The molecule has 0 atom stereocenters. The fourth-order valence-electron chi connectivity index (χ4n) is 2.34. The lowest BCUT2D eigenvalue weighted by Crippen LogP contribution is -2.37. The van der Waals surface area contributed by atoms with Gasteiger partial charge in [0.2, 0.25) is 0 Å². The molecule has 2 heterocycles. The molecule has 0 aliphatic carbocycles. The zero-order valence-electron chi connectivity index (χ0n) is 12.2. The lowest BCUT2D eigenvalue weighted by molar-refractivity contribution is -0.100. The van der Waals surface area contributed by atoms with E-state index in [1.807, 2.05) is 0 Å². The van der Waals surface area contributed by atoms with Crippen molar-refractivity contribution in [2.24, 2.45) is 0 Å². The standard InChI is InChI=1S/C14H19ClN2O4/c1-3-21-12(18)10-9-16-13(17-11(10)8-15)14(19-2)4-6-20-7-5-14/h9H,3-8H2,1-2H3. The molecule has 1 aliphatic rings. The summed E-state index contributed by atoms with van der Waals surface area (Å²) in [6.45, 7) is 3.22. The second-order valence-corrected chi connectivity index (χ2v) is 4.99. The van der Waals surface area contributed by atoms with Crippen molar-refractivity contribution in [1.82, 2.24) is 9.97 Å². The number of hydrogen-bond acceptors (Lipinski definition) is 6. The summed E-state index contributed by atoms with van der Waals surface area (Å²) < 4.78 is 16.0. The lowest BCUT2D eigenvalue weighted by atomic mass is 9.93. The van der Waals surface area contributed by atoms with Crippen molar-refractivity contribution in [1.29, 1.82) is 0 Å². The monoisotopic (exact) mass is 314 g/mol. The number of carbonyl (C=O) groups excluding carboxylic acids is 1. The number of carbonyl (C=O) groups is 1. The van der Waals surface area contributed by atoms with Gasteiger partial charge in [0.25, 0.3) is 0 Å². The van der Waals surface area contributed by atoms with Crippen LogP contribution in [0.4, 0.5) is 0 Å². The number of rotatable bonds is 5. The molecular formula is C14H19ClN2O4. The highest BCUT2D eigenvalue weighted by Crippen LogP contribution is 2.33. The molecule has 1 aromatic heterocycles. The third kappa shape index (κ3) is 3.33. The average Bonchev–Trinajstić information content (AvgIpc) is 2.55. The maximum atomic E-state index is 11.8. The fourth-order valence-corrected chi connectivity index (χ4v) is 2.54.